The maximum atomic E-state index is 12.4. The maximum Gasteiger partial charge on any atom is 0.251 e. The van der Waals surface area contributed by atoms with Crippen LogP contribution in [0.3, 0.4) is 0 Å². The molecule has 1 amide bonds. The Hall–Kier alpha value is -3.01. The largest absolute Gasteiger partial charge is 0.497 e. The number of fused-ring (bicyclic) bond motifs is 2. The molecule has 1 aliphatic heterocycles. The third-order valence-corrected chi connectivity index (χ3v) is 4.51. The van der Waals surface area contributed by atoms with Gasteiger partial charge in [0.25, 0.3) is 5.91 Å². The molecule has 3 aromatic rings. The topological polar surface area (TPSA) is 47.6 Å². The lowest BCUT2D eigenvalue weighted by Gasteiger charge is -2.12. The summed E-state index contributed by atoms with van der Waals surface area (Å²) in [5, 5.41) is 5.16. The summed E-state index contributed by atoms with van der Waals surface area (Å²) >= 11 is 0. The fraction of sp³-hybridized carbons (Fsp3) is 0.190. The molecule has 126 valence electrons. The van der Waals surface area contributed by atoms with E-state index in [1.165, 1.54) is 0 Å². The summed E-state index contributed by atoms with van der Waals surface area (Å²) in [4.78, 5) is 12.4. The van der Waals surface area contributed by atoms with Gasteiger partial charge in [-0.3, -0.25) is 4.79 Å². The van der Waals surface area contributed by atoms with Gasteiger partial charge in [0, 0.05) is 17.5 Å². The molecule has 1 N–H and O–H groups in total. The second-order valence-electron chi connectivity index (χ2n) is 6.19. The third kappa shape index (κ3) is 3.15. The first kappa shape index (κ1) is 15.5. The number of ether oxygens (including phenoxy) is 2. The summed E-state index contributed by atoms with van der Waals surface area (Å²) in [5.74, 6) is 1.61. The fourth-order valence-corrected chi connectivity index (χ4v) is 3.18. The van der Waals surface area contributed by atoms with E-state index < -0.39 is 0 Å². The van der Waals surface area contributed by atoms with E-state index in [4.69, 9.17) is 9.47 Å². The SMILES string of the molecule is COc1ccc2c(c1)C[C@H](CNC(=O)c1ccc3ccccc3c1)O2. The van der Waals surface area contributed by atoms with E-state index in [9.17, 15) is 4.79 Å². The van der Waals surface area contributed by atoms with Gasteiger partial charge in [0.05, 0.1) is 13.7 Å². The Bertz CT molecular complexity index is 935. The molecule has 0 fully saturated rings. The summed E-state index contributed by atoms with van der Waals surface area (Å²) in [5.41, 5.74) is 1.78. The van der Waals surface area contributed by atoms with Gasteiger partial charge in [-0.15, -0.1) is 0 Å². The molecule has 0 aliphatic carbocycles. The molecule has 3 aromatic carbocycles. The van der Waals surface area contributed by atoms with Crippen molar-refractivity contribution < 1.29 is 14.3 Å². The van der Waals surface area contributed by atoms with Gasteiger partial charge in [-0.1, -0.05) is 30.3 Å². The standard InChI is InChI=1S/C21H19NO3/c1-24-18-8-9-20-17(11-18)12-19(25-20)13-22-21(23)16-7-6-14-4-2-3-5-15(14)10-16/h2-11,19H,12-13H2,1H3,(H,22,23)/t19-/m1/s1. The van der Waals surface area contributed by atoms with Crippen molar-refractivity contribution in [1.82, 2.24) is 5.32 Å². The van der Waals surface area contributed by atoms with Gasteiger partial charge in [-0.05, 0) is 41.1 Å². The van der Waals surface area contributed by atoms with E-state index in [0.717, 1.165) is 34.3 Å². The molecule has 0 unspecified atom stereocenters. The van der Waals surface area contributed by atoms with E-state index in [1.54, 1.807) is 7.11 Å². The van der Waals surface area contributed by atoms with Crippen LogP contribution in [0.1, 0.15) is 15.9 Å². The minimum absolute atomic E-state index is 0.0495. The number of rotatable bonds is 4. The number of carbonyl (C=O) groups is 1. The minimum atomic E-state index is -0.0807. The Kier molecular flexibility index (Phi) is 4.02. The maximum absolute atomic E-state index is 12.4. The molecule has 0 saturated heterocycles. The minimum Gasteiger partial charge on any atom is -0.497 e. The zero-order valence-electron chi connectivity index (χ0n) is 14.0. The Morgan fingerprint density at radius 3 is 2.80 bits per heavy atom. The molecule has 0 aromatic heterocycles. The molecule has 0 saturated carbocycles. The van der Waals surface area contributed by atoms with Crippen LogP contribution in [0.15, 0.2) is 60.7 Å². The average molecular weight is 333 g/mol. The normalized spacial score (nSPS) is 15.5. The third-order valence-electron chi connectivity index (χ3n) is 4.51. The predicted octanol–water partition coefficient (Wildman–Crippen LogP) is 3.58. The molecule has 4 rings (SSSR count). The van der Waals surface area contributed by atoms with E-state index in [0.29, 0.717) is 12.1 Å². The van der Waals surface area contributed by atoms with Crippen LogP contribution >= 0.6 is 0 Å². The van der Waals surface area contributed by atoms with E-state index >= 15 is 0 Å². The molecule has 0 spiro atoms. The molecule has 4 nitrogen and oxygen atoms in total. The van der Waals surface area contributed by atoms with Crippen molar-refractivity contribution in [2.24, 2.45) is 0 Å². The Balaban J connectivity index is 1.40. The van der Waals surface area contributed by atoms with E-state index in [1.807, 2.05) is 60.7 Å². The van der Waals surface area contributed by atoms with Crippen LogP contribution in [0.5, 0.6) is 11.5 Å². The molecule has 1 heterocycles. The van der Waals surface area contributed by atoms with Gasteiger partial charge in [-0.2, -0.15) is 0 Å². The van der Waals surface area contributed by atoms with Gasteiger partial charge >= 0.3 is 0 Å². The zero-order valence-corrected chi connectivity index (χ0v) is 14.0. The summed E-state index contributed by atoms with van der Waals surface area (Å²) in [6.45, 7) is 0.475. The average Bonchev–Trinajstić information content (AvgIpc) is 3.07. The van der Waals surface area contributed by atoms with Crippen molar-refractivity contribution in [2.45, 2.75) is 12.5 Å². The number of amides is 1. The number of hydrogen-bond acceptors (Lipinski definition) is 3. The number of hydrogen-bond donors (Lipinski definition) is 1. The van der Waals surface area contributed by atoms with Gasteiger partial charge in [0.2, 0.25) is 0 Å². The molecule has 0 bridgehead atoms. The first-order chi connectivity index (χ1) is 12.2. The second-order valence-corrected chi connectivity index (χ2v) is 6.19. The van der Waals surface area contributed by atoms with Crippen LogP contribution in [0.25, 0.3) is 10.8 Å². The van der Waals surface area contributed by atoms with Gasteiger partial charge < -0.3 is 14.8 Å². The first-order valence-corrected chi connectivity index (χ1v) is 8.33. The Labute approximate surface area is 146 Å². The number of benzene rings is 3. The zero-order chi connectivity index (χ0) is 17.2. The van der Waals surface area contributed by atoms with Gasteiger partial charge in [0.1, 0.15) is 17.6 Å². The van der Waals surface area contributed by atoms with Crippen LogP contribution in [-0.4, -0.2) is 25.7 Å². The molecule has 25 heavy (non-hydrogen) atoms. The summed E-state index contributed by atoms with van der Waals surface area (Å²) in [6.07, 6.45) is 0.719. The molecule has 4 heteroatoms. The number of nitrogens with one attached hydrogen (secondary N) is 1. The lowest BCUT2D eigenvalue weighted by atomic mass is 10.1. The van der Waals surface area contributed by atoms with Crippen LogP contribution in [0.4, 0.5) is 0 Å². The quantitative estimate of drug-likeness (QED) is 0.794. The Morgan fingerprint density at radius 2 is 1.96 bits per heavy atom. The first-order valence-electron chi connectivity index (χ1n) is 8.33. The highest BCUT2D eigenvalue weighted by Crippen LogP contribution is 2.31. The highest BCUT2D eigenvalue weighted by molar-refractivity contribution is 5.98. The Morgan fingerprint density at radius 1 is 1.12 bits per heavy atom. The molecule has 1 aliphatic rings. The van der Waals surface area contributed by atoms with Crippen LogP contribution in [0.2, 0.25) is 0 Å². The highest BCUT2D eigenvalue weighted by Gasteiger charge is 2.23. The molecule has 0 radical (unpaired) electrons. The van der Waals surface area contributed by atoms with Crippen molar-refractivity contribution in [3.05, 3.63) is 71.8 Å². The van der Waals surface area contributed by atoms with Crippen molar-refractivity contribution in [3.8, 4) is 11.5 Å². The lowest BCUT2D eigenvalue weighted by Crippen LogP contribution is -2.34. The summed E-state index contributed by atoms with van der Waals surface area (Å²) in [7, 11) is 1.65. The molecular formula is C21H19NO3. The van der Waals surface area contributed by atoms with E-state index in [2.05, 4.69) is 5.32 Å². The van der Waals surface area contributed by atoms with Crippen LogP contribution in [0, 0.1) is 0 Å². The smallest absolute Gasteiger partial charge is 0.251 e. The lowest BCUT2D eigenvalue weighted by molar-refractivity contribution is 0.0933. The van der Waals surface area contributed by atoms with Crippen LogP contribution in [-0.2, 0) is 6.42 Å². The summed E-state index contributed by atoms with van der Waals surface area (Å²) in [6, 6.07) is 19.5. The predicted molar refractivity (Wildman–Crippen MR) is 97.4 cm³/mol. The highest BCUT2D eigenvalue weighted by atomic mass is 16.5. The van der Waals surface area contributed by atoms with Gasteiger partial charge in [-0.25, -0.2) is 0 Å². The van der Waals surface area contributed by atoms with E-state index in [-0.39, 0.29) is 12.0 Å². The number of methoxy groups -OCH3 is 1. The fourth-order valence-electron chi connectivity index (χ4n) is 3.18. The summed E-state index contributed by atoms with van der Waals surface area (Å²) < 4.78 is 11.1. The molecular weight excluding hydrogens is 314 g/mol. The van der Waals surface area contributed by atoms with Crippen molar-refractivity contribution in [2.75, 3.05) is 13.7 Å². The number of carbonyl (C=O) groups excluding carboxylic acids is 1. The van der Waals surface area contributed by atoms with Gasteiger partial charge in [0.15, 0.2) is 0 Å². The van der Waals surface area contributed by atoms with Crippen molar-refractivity contribution in [1.29, 1.82) is 0 Å². The second kappa shape index (κ2) is 6.48. The monoisotopic (exact) mass is 333 g/mol. The van der Waals surface area contributed by atoms with Crippen molar-refractivity contribution >= 4 is 16.7 Å². The van der Waals surface area contributed by atoms with Crippen LogP contribution < -0.4 is 14.8 Å². The molecule has 1 atom stereocenters. The van der Waals surface area contributed by atoms with Crippen molar-refractivity contribution in [3.63, 3.8) is 0 Å².